The van der Waals surface area contributed by atoms with Crippen LogP contribution in [0.3, 0.4) is 0 Å². The van der Waals surface area contributed by atoms with Crippen molar-refractivity contribution in [2.45, 2.75) is 0 Å². The summed E-state index contributed by atoms with van der Waals surface area (Å²) in [5, 5.41) is 2.85. The average Bonchev–Trinajstić information content (AvgIpc) is 2.42. The average molecular weight is 432 g/mol. The van der Waals surface area contributed by atoms with Crippen molar-refractivity contribution in [1.29, 1.82) is 0 Å². The van der Waals surface area contributed by atoms with Crippen LogP contribution in [0.5, 0.6) is 5.75 Å². The molecule has 19 heavy (non-hydrogen) atoms. The van der Waals surface area contributed by atoms with E-state index < -0.39 is 0 Å². The molecule has 0 aliphatic rings. The van der Waals surface area contributed by atoms with E-state index in [0.717, 1.165) is 8.04 Å². The van der Waals surface area contributed by atoms with Crippen molar-refractivity contribution in [1.82, 2.24) is 0 Å². The van der Waals surface area contributed by atoms with E-state index in [-0.39, 0.29) is 5.91 Å². The molecule has 1 N–H and O–H groups in total. The summed E-state index contributed by atoms with van der Waals surface area (Å²) in [7, 11) is 1.58. The first-order valence-corrected chi connectivity index (χ1v) is 7.38. The summed E-state index contributed by atoms with van der Waals surface area (Å²) < 4.78 is 6.98. The molecule has 0 saturated heterocycles. The zero-order valence-electron chi connectivity index (χ0n) is 10.1. The summed E-state index contributed by atoms with van der Waals surface area (Å²) in [6.07, 6.45) is 0. The number of nitrogens with one attached hydrogen (secondary N) is 1. The summed E-state index contributed by atoms with van der Waals surface area (Å²) in [4.78, 5) is 12.3. The summed E-state index contributed by atoms with van der Waals surface area (Å²) in [5.74, 6) is 0.465. The zero-order valence-corrected chi connectivity index (χ0v) is 13.9. The van der Waals surface area contributed by atoms with E-state index in [2.05, 4.69) is 43.8 Å². The van der Waals surface area contributed by atoms with Crippen molar-refractivity contribution < 1.29 is 9.53 Å². The predicted octanol–water partition coefficient (Wildman–Crippen LogP) is 4.31. The van der Waals surface area contributed by atoms with Crippen LogP contribution in [-0.4, -0.2) is 13.0 Å². The third kappa shape index (κ3) is 3.48. The van der Waals surface area contributed by atoms with Gasteiger partial charge in [-0.25, -0.2) is 0 Å². The summed E-state index contributed by atoms with van der Waals surface area (Å²) >= 11 is 5.56. The Morgan fingerprint density at radius 1 is 1.26 bits per heavy atom. The van der Waals surface area contributed by atoms with E-state index in [4.69, 9.17) is 4.74 Å². The van der Waals surface area contributed by atoms with Crippen molar-refractivity contribution >= 4 is 50.1 Å². The normalized spacial score (nSPS) is 10.1. The molecule has 0 saturated carbocycles. The molecule has 3 nitrogen and oxygen atoms in total. The highest BCUT2D eigenvalue weighted by atomic mass is 127. The minimum atomic E-state index is -0.171. The molecule has 0 aromatic heterocycles. The van der Waals surface area contributed by atoms with E-state index in [1.54, 1.807) is 19.2 Å². The van der Waals surface area contributed by atoms with Crippen molar-refractivity contribution in [3.05, 3.63) is 56.1 Å². The lowest BCUT2D eigenvalue weighted by atomic mass is 10.2. The Kier molecular flexibility index (Phi) is 4.81. The lowest BCUT2D eigenvalue weighted by Gasteiger charge is -2.10. The lowest BCUT2D eigenvalue weighted by Crippen LogP contribution is -2.13. The predicted molar refractivity (Wildman–Crippen MR) is 87.8 cm³/mol. The maximum Gasteiger partial charge on any atom is 0.256 e. The highest BCUT2D eigenvalue weighted by Crippen LogP contribution is 2.25. The summed E-state index contributed by atoms with van der Waals surface area (Å²) in [5.41, 5.74) is 1.25. The van der Waals surface area contributed by atoms with Gasteiger partial charge in [0.2, 0.25) is 0 Å². The first-order chi connectivity index (χ1) is 9.11. The van der Waals surface area contributed by atoms with Crippen LogP contribution in [0.25, 0.3) is 0 Å². The van der Waals surface area contributed by atoms with Crippen molar-refractivity contribution in [2.75, 3.05) is 12.4 Å². The number of anilines is 1. The second kappa shape index (κ2) is 6.38. The largest absolute Gasteiger partial charge is 0.495 e. The van der Waals surface area contributed by atoms with Gasteiger partial charge in [0.1, 0.15) is 5.75 Å². The van der Waals surface area contributed by atoms with Gasteiger partial charge in [-0.15, -0.1) is 0 Å². The summed E-state index contributed by atoms with van der Waals surface area (Å²) in [6.45, 7) is 0. The van der Waals surface area contributed by atoms with E-state index in [9.17, 15) is 4.79 Å². The Bertz CT molecular complexity index is 616. The molecular formula is C14H11BrINO2. The van der Waals surface area contributed by atoms with Gasteiger partial charge in [-0.1, -0.05) is 12.1 Å². The second-order valence-corrected chi connectivity index (χ2v) is 5.88. The molecule has 98 valence electrons. The third-order valence-corrected chi connectivity index (χ3v) is 3.89. The second-order valence-electron chi connectivity index (χ2n) is 3.78. The molecule has 0 bridgehead atoms. The van der Waals surface area contributed by atoms with E-state index in [1.807, 2.05) is 30.3 Å². The molecule has 2 aromatic rings. The maximum absolute atomic E-state index is 12.3. The molecule has 0 aliphatic heterocycles. The van der Waals surface area contributed by atoms with Crippen molar-refractivity contribution in [3.63, 3.8) is 0 Å². The quantitative estimate of drug-likeness (QED) is 0.735. The number of rotatable bonds is 3. The Hall–Kier alpha value is -1.08. The number of hydrogen-bond donors (Lipinski definition) is 1. The van der Waals surface area contributed by atoms with Gasteiger partial charge in [0.15, 0.2) is 0 Å². The molecule has 0 fully saturated rings. The Morgan fingerprint density at radius 3 is 2.74 bits per heavy atom. The fourth-order valence-electron chi connectivity index (χ4n) is 1.61. The minimum Gasteiger partial charge on any atom is -0.495 e. The van der Waals surface area contributed by atoms with Crippen molar-refractivity contribution in [3.8, 4) is 5.75 Å². The molecule has 0 unspecified atom stereocenters. The van der Waals surface area contributed by atoms with E-state index >= 15 is 0 Å². The van der Waals surface area contributed by atoms with Crippen molar-refractivity contribution in [2.24, 2.45) is 0 Å². The minimum absolute atomic E-state index is 0.171. The number of amides is 1. The third-order valence-electron chi connectivity index (χ3n) is 2.53. The van der Waals surface area contributed by atoms with Gasteiger partial charge in [0.05, 0.1) is 18.4 Å². The van der Waals surface area contributed by atoms with Gasteiger partial charge in [-0.05, 0) is 68.9 Å². The fraction of sp³-hybridized carbons (Fsp3) is 0.0714. The SMILES string of the molecule is COc1ccccc1NC(=O)c1cc(I)ccc1Br. The number of carbonyl (C=O) groups excluding carboxylic acids is 1. The molecule has 0 atom stereocenters. The molecule has 2 aromatic carbocycles. The molecule has 0 aliphatic carbocycles. The Labute approximate surface area is 133 Å². The maximum atomic E-state index is 12.3. The molecular weight excluding hydrogens is 421 g/mol. The Morgan fingerprint density at radius 2 is 2.00 bits per heavy atom. The van der Waals surface area contributed by atoms with Crippen LogP contribution in [0.2, 0.25) is 0 Å². The number of para-hydroxylation sites is 2. The topological polar surface area (TPSA) is 38.3 Å². The van der Waals surface area contributed by atoms with Gasteiger partial charge in [0.25, 0.3) is 5.91 Å². The number of benzene rings is 2. The first-order valence-electron chi connectivity index (χ1n) is 5.51. The molecule has 1 amide bonds. The van der Waals surface area contributed by atoms with Gasteiger partial charge < -0.3 is 10.1 Å². The van der Waals surface area contributed by atoms with Crippen LogP contribution < -0.4 is 10.1 Å². The highest BCUT2D eigenvalue weighted by molar-refractivity contribution is 14.1. The molecule has 2 rings (SSSR count). The van der Waals surface area contributed by atoms with E-state index in [1.165, 1.54) is 0 Å². The standard InChI is InChI=1S/C14H11BrINO2/c1-19-13-5-3-2-4-12(13)17-14(18)10-8-9(16)6-7-11(10)15/h2-8H,1H3,(H,17,18). The number of methoxy groups -OCH3 is 1. The van der Waals surface area contributed by atoms with Crippen LogP contribution in [0.1, 0.15) is 10.4 Å². The molecule has 0 radical (unpaired) electrons. The van der Waals surface area contributed by atoms with Gasteiger partial charge in [-0.2, -0.15) is 0 Å². The zero-order chi connectivity index (χ0) is 13.8. The van der Waals surface area contributed by atoms with E-state index in [0.29, 0.717) is 17.0 Å². The van der Waals surface area contributed by atoms with Crippen LogP contribution in [0.4, 0.5) is 5.69 Å². The van der Waals surface area contributed by atoms with Crippen LogP contribution >= 0.6 is 38.5 Å². The van der Waals surface area contributed by atoms with Gasteiger partial charge in [0, 0.05) is 8.04 Å². The first kappa shape index (κ1) is 14.3. The van der Waals surface area contributed by atoms with Crippen LogP contribution in [0.15, 0.2) is 46.9 Å². The monoisotopic (exact) mass is 431 g/mol. The van der Waals surface area contributed by atoms with Crippen LogP contribution in [0, 0.1) is 3.57 Å². The summed E-state index contributed by atoms with van der Waals surface area (Å²) in [6, 6.07) is 12.9. The number of hydrogen-bond acceptors (Lipinski definition) is 2. The van der Waals surface area contributed by atoms with Crippen LogP contribution in [-0.2, 0) is 0 Å². The molecule has 0 spiro atoms. The molecule has 0 heterocycles. The Balaban J connectivity index is 2.28. The highest BCUT2D eigenvalue weighted by Gasteiger charge is 2.12. The fourth-order valence-corrected chi connectivity index (χ4v) is 2.53. The smallest absolute Gasteiger partial charge is 0.256 e. The van der Waals surface area contributed by atoms with Gasteiger partial charge >= 0.3 is 0 Å². The van der Waals surface area contributed by atoms with Gasteiger partial charge in [-0.3, -0.25) is 4.79 Å². The lowest BCUT2D eigenvalue weighted by molar-refractivity contribution is 0.102. The molecule has 5 heteroatoms. The number of ether oxygens (including phenoxy) is 1. The number of carbonyl (C=O) groups is 1. The number of halogens is 2.